The molecule has 0 radical (unpaired) electrons. The summed E-state index contributed by atoms with van der Waals surface area (Å²) in [7, 11) is 1.35. The molecule has 0 aliphatic carbocycles. The van der Waals surface area contributed by atoms with E-state index in [0.717, 1.165) is 33.1 Å². The molecule has 2 heterocycles. The number of aromatic carboxylic acids is 1. The third kappa shape index (κ3) is 9.13. The number of carboxylic acids is 1. The predicted molar refractivity (Wildman–Crippen MR) is 227 cm³/mol. The van der Waals surface area contributed by atoms with Crippen molar-refractivity contribution in [2.75, 3.05) is 7.11 Å². The quantitative estimate of drug-likeness (QED) is 0.160. The highest BCUT2D eigenvalue weighted by Gasteiger charge is 2.18. The van der Waals surface area contributed by atoms with Crippen molar-refractivity contribution in [2.24, 2.45) is 0 Å². The van der Waals surface area contributed by atoms with Crippen molar-refractivity contribution in [3.8, 4) is 54.8 Å². The summed E-state index contributed by atoms with van der Waals surface area (Å²) in [6.07, 6.45) is 0. The zero-order valence-corrected chi connectivity index (χ0v) is 35.1. The van der Waals surface area contributed by atoms with Crippen LogP contribution < -0.4 is 0 Å². The highest BCUT2D eigenvalue weighted by atomic mass is 79.9. The van der Waals surface area contributed by atoms with Gasteiger partial charge in [-0.2, -0.15) is 0 Å². The van der Waals surface area contributed by atoms with Gasteiger partial charge in [0.05, 0.1) is 49.7 Å². The number of thiazole rings is 2. The molecule has 0 bridgehead atoms. The first-order chi connectivity index (χ1) is 25.8. The van der Waals surface area contributed by atoms with Gasteiger partial charge in [-0.3, -0.25) is 0 Å². The summed E-state index contributed by atoms with van der Waals surface area (Å²) >= 11 is 42.7. The van der Waals surface area contributed by atoms with Crippen LogP contribution in [0, 0.1) is 0 Å². The lowest BCUT2D eigenvalue weighted by atomic mass is 9.97. The molecule has 6 nitrogen and oxygen atoms in total. The molecule has 0 saturated heterocycles. The average molecular weight is 938 g/mol. The zero-order valence-electron chi connectivity index (χ0n) is 27.3. The maximum Gasteiger partial charge on any atom is 0.339 e. The molecule has 0 spiro atoms. The van der Waals surface area contributed by atoms with Crippen LogP contribution in [0.25, 0.3) is 54.8 Å². The molecule has 272 valence electrons. The number of nitrogens with zero attached hydrogens (tertiary/aromatic N) is 2. The van der Waals surface area contributed by atoms with Crippen LogP contribution in [0.3, 0.4) is 0 Å². The Hall–Kier alpha value is -3.48. The van der Waals surface area contributed by atoms with Gasteiger partial charge in [-0.05, 0) is 82.2 Å². The molecule has 54 heavy (non-hydrogen) atoms. The van der Waals surface area contributed by atoms with Crippen molar-refractivity contribution in [1.29, 1.82) is 0 Å². The Bertz CT molecular complexity index is 2560. The fourth-order valence-electron chi connectivity index (χ4n) is 5.11. The minimum absolute atomic E-state index is 0.114. The summed E-state index contributed by atoms with van der Waals surface area (Å²) in [4.78, 5) is 33.0. The number of hydrogen-bond acceptors (Lipinski definition) is 7. The maximum absolute atomic E-state index is 12.0. The third-order valence-corrected chi connectivity index (χ3v) is 12.3. The molecule has 0 unspecified atom stereocenters. The monoisotopic (exact) mass is 934 g/mol. The molecule has 0 aliphatic rings. The summed E-state index contributed by atoms with van der Waals surface area (Å²) in [5, 5.41) is 17.9. The summed E-state index contributed by atoms with van der Waals surface area (Å²) in [6.45, 7) is 0. The summed E-state index contributed by atoms with van der Waals surface area (Å²) in [5.74, 6) is -1.46. The van der Waals surface area contributed by atoms with Gasteiger partial charge in [-0.25, -0.2) is 19.6 Å². The normalized spacial score (nSPS) is 10.8. The number of benzene rings is 5. The molecule has 5 aromatic carbocycles. The number of carbonyl (C=O) groups excluding carboxylic acids is 1. The van der Waals surface area contributed by atoms with Gasteiger partial charge in [0.2, 0.25) is 0 Å². The van der Waals surface area contributed by atoms with Crippen LogP contribution in [0.5, 0.6) is 0 Å². The molecule has 15 heteroatoms. The van der Waals surface area contributed by atoms with E-state index in [4.69, 9.17) is 74.3 Å². The second-order valence-electron chi connectivity index (χ2n) is 11.2. The zero-order chi connectivity index (χ0) is 38.7. The second kappa shape index (κ2) is 17.5. The van der Waals surface area contributed by atoms with Crippen LogP contribution in [-0.4, -0.2) is 34.1 Å². The number of carboxylic acid groups (broad SMARTS) is 1. The summed E-state index contributed by atoms with van der Waals surface area (Å²) < 4.78 is 5.47. The minimum Gasteiger partial charge on any atom is -0.478 e. The van der Waals surface area contributed by atoms with Crippen LogP contribution in [0.2, 0.25) is 30.1 Å². The molecule has 2 aromatic heterocycles. The first-order valence-electron chi connectivity index (χ1n) is 15.4. The Morgan fingerprint density at radius 2 is 1.09 bits per heavy atom. The standard InChI is InChI=1S/C22H11Cl4NO2S.C17H10BrCl2NO2S/c23-13-3-6-17(24)15(9-13)14-4-1-12(7-16(14)22(28)29)21-27-20(10-30-21)11-2-5-18(25)19(26)8-11;1-23-17(22)11-6-10(2-4-12(11)18)16-21-15(8-24-16)9-3-5-13(19)14(20)7-9/h1-10H,(H,28,29);2-8H,1H3. The molecule has 7 rings (SSSR count). The number of rotatable bonds is 7. The van der Waals surface area contributed by atoms with E-state index in [9.17, 15) is 14.7 Å². The molecule has 0 saturated carbocycles. The van der Waals surface area contributed by atoms with Crippen molar-refractivity contribution >= 4 is 120 Å². The van der Waals surface area contributed by atoms with Crippen LogP contribution in [0.4, 0.5) is 0 Å². The van der Waals surface area contributed by atoms with Crippen molar-refractivity contribution in [1.82, 2.24) is 9.97 Å². The van der Waals surface area contributed by atoms with E-state index in [2.05, 4.69) is 25.9 Å². The lowest BCUT2D eigenvalue weighted by Crippen LogP contribution is -2.02. The number of carbonyl (C=O) groups is 2. The van der Waals surface area contributed by atoms with E-state index in [1.165, 1.54) is 29.8 Å². The smallest absolute Gasteiger partial charge is 0.339 e. The van der Waals surface area contributed by atoms with Crippen LogP contribution in [0.15, 0.2) is 106 Å². The van der Waals surface area contributed by atoms with Crippen molar-refractivity contribution in [2.45, 2.75) is 0 Å². The van der Waals surface area contributed by atoms with Gasteiger partial charge in [-0.1, -0.05) is 99.9 Å². The number of halogens is 7. The van der Waals surface area contributed by atoms with Crippen LogP contribution in [-0.2, 0) is 4.74 Å². The molecule has 0 fully saturated rings. The third-order valence-electron chi connectivity index (χ3n) is 7.77. The van der Waals surface area contributed by atoms with E-state index >= 15 is 0 Å². The molecule has 1 N–H and O–H groups in total. The summed E-state index contributed by atoms with van der Waals surface area (Å²) in [6, 6.07) is 26.2. The number of hydrogen-bond donors (Lipinski definition) is 1. The maximum atomic E-state index is 12.0. The lowest BCUT2D eigenvalue weighted by molar-refractivity contribution is 0.0598. The number of aromatic nitrogens is 2. The Balaban J connectivity index is 0.000000189. The van der Waals surface area contributed by atoms with Gasteiger partial charge in [0.15, 0.2) is 0 Å². The summed E-state index contributed by atoms with van der Waals surface area (Å²) in [5.41, 5.74) is 6.39. The highest BCUT2D eigenvalue weighted by molar-refractivity contribution is 9.10. The van der Waals surface area contributed by atoms with Gasteiger partial charge in [0, 0.05) is 53.1 Å². The van der Waals surface area contributed by atoms with E-state index in [-0.39, 0.29) is 5.56 Å². The first-order valence-corrected chi connectivity index (χ1v) is 20.2. The molecule has 0 atom stereocenters. The van der Waals surface area contributed by atoms with E-state index in [0.29, 0.717) is 61.9 Å². The van der Waals surface area contributed by atoms with E-state index in [1.807, 2.05) is 41.1 Å². The Morgan fingerprint density at radius 3 is 1.61 bits per heavy atom. The Kier molecular flexibility index (Phi) is 13.1. The number of methoxy groups -OCH3 is 1. The van der Waals surface area contributed by atoms with E-state index < -0.39 is 11.9 Å². The van der Waals surface area contributed by atoms with Crippen LogP contribution >= 0.6 is 108 Å². The van der Waals surface area contributed by atoms with Gasteiger partial charge in [0.1, 0.15) is 10.0 Å². The fourth-order valence-corrected chi connectivity index (χ4v) is 8.15. The largest absolute Gasteiger partial charge is 0.478 e. The first kappa shape index (κ1) is 40.2. The van der Waals surface area contributed by atoms with Crippen molar-refractivity contribution in [3.63, 3.8) is 0 Å². The minimum atomic E-state index is -1.07. The topological polar surface area (TPSA) is 89.4 Å². The lowest BCUT2D eigenvalue weighted by Gasteiger charge is -2.10. The van der Waals surface area contributed by atoms with Crippen molar-refractivity contribution < 1.29 is 19.4 Å². The second-order valence-corrected chi connectivity index (χ2v) is 16.3. The number of ether oxygens (including phenoxy) is 1. The molecule has 0 amide bonds. The molecular weight excluding hydrogens is 917 g/mol. The van der Waals surface area contributed by atoms with Gasteiger partial charge < -0.3 is 9.84 Å². The Morgan fingerprint density at radius 1 is 0.593 bits per heavy atom. The average Bonchev–Trinajstić information content (AvgIpc) is 3.86. The predicted octanol–water partition coefficient (Wildman–Crippen LogP) is 14.8. The fraction of sp³-hybridized carbons (Fsp3) is 0.0256. The van der Waals surface area contributed by atoms with Gasteiger partial charge >= 0.3 is 11.9 Å². The van der Waals surface area contributed by atoms with Crippen molar-refractivity contribution in [3.05, 3.63) is 147 Å². The highest BCUT2D eigenvalue weighted by Crippen LogP contribution is 2.38. The van der Waals surface area contributed by atoms with Crippen LogP contribution in [0.1, 0.15) is 20.7 Å². The molecular formula is C39H21BrCl6N2O4S2. The Labute approximate surface area is 356 Å². The SMILES string of the molecule is COC(=O)c1cc(-c2nc(-c3ccc(Cl)c(Cl)c3)cs2)ccc1Br.O=C(O)c1cc(-c2nc(-c3ccc(Cl)c(Cl)c3)cs2)ccc1-c1cc(Cl)ccc1Cl. The number of esters is 1. The van der Waals surface area contributed by atoms with E-state index in [1.54, 1.807) is 60.7 Å². The van der Waals surface area contributed by atoms with Gasteiger partial charge in [-0.15, -0.1) is 22.7 Å². The molecule has 0 aliphatic heterocycles. The molecule has 7 aromatic rings. The van der Waals surface area contributed by atoms with Gasteiger partial charge in [0.25, 0.3) is 0 Å².